The van der Waals surface area contributed by atoms with Crippen LogP contribution in [-0.4, -0.2) is 19.3 Å². The molecule has 2 heterocycles. The molecule has 1 aromatic rings. The molecule has 0 radical (unpaired) electrons. The minimum Gasteiger partial charge on any atom is -0.490 e. The molecule has 0 amide bonds. The zero-order valence-electron chi connectivity index (χ0n) is 7.66. The first-order chi connectivity index (χ1) is 6.90. The molecule has 0 saturated carbocycles. The highest BCUT2D eigenvalue weighted by molar-refractivity contribution is 6.17. The van der Waals surface area contributed by atoms with Crippen LogP contribution in [0.1, 0.15) is 6.42 Å². The molecule has 1 aromatic carbocycles. The van der Waals surface area contributed by atoms with Gasteiger partial charge in [-0.05, 0) is 18.6 Å². The maximum Gasteiger partial charge on any atom is 0.231 e. The Morgan fingerprint density at radius 3 is 3.14 bits per heavy atom. The molecular weight excluding hydrogens is 204 g/mol. The molecular formula is C10H11ClO3. The summed E-state index contributed by atoms with van der Waals surface area (Å²) in [6.07, 6.45) is 0.825. The van der Waals surface area contributed by atoms with Gasteiger partial charge in [0.1, 0.15) is 5.75 Å². The summed E-state index contributed by atoms with van der Waals surface area (Å²) in [7, 11) is 0. The van der Waals surface area contributed by atoms with Crippen LogP contribution >= 0.6 is 11.6 Å². The van der Waals surface area contributed by atoms with Gasteiger partial charge in [-0.15, -0.1) is 11.6 Å². The third kappa shape index (κ3) is 2.04. The van der Waals surface area contributed by atoms with Crippen LogP contribution in [0.15, 0.2) is 18.2 Å². The minimum atomic E-state index is 0.247. The van der Waals surface area contributed by atoms with Crippen LogP contribution in [-0.2, 0) is 0 Å². The highest BCUT2D eigenvalue weighted by Gasteiger charge is 2.11. The molecule has 0 N–H and O–H groups in total. The SMILES string of the molecule is ClCCCOc1cc2ccc1OCO2. The van der Waals surface area contributed by atoms with Crippen molar-refractivity contribution in [3.05, 3.63) is 18.2 Å². The molecule has 2 aliphatic rings. The first kappa shape index (κ1) is 9.46. The Labute approximate surface area is 87.5 Å². The number of benzene rings is 1. The van der Waals surface area contributed by atoms with Gasteiger partial charge >= 0.3 is 0 Å². The normalized spacial score (nSPS) is 12.9. The maximum atomic E-state index is 5.55. The smallest absolute Gasteiger partial charge is 0.231 e. The van der Waals surface area contributed by atoms with Gasteiger partial charge in [0.05, 0.1) is 6.61 Å². The molecule has 0 spiro atoms. The van der Waals surface area contributed by atoms with E-state index in [9.17, 15) is 0 Å². The van der Waals surface area contributed by atoms with E-state index < -0.39 is 0 Å². The molecule has 0 atom stereocenters. The van der Waals surface area contributed by atoms with Crippen LogP contribution in [0, 0.1) is 0 Å². The van der Waals surface area contributed by atoms with Gasteiger partial charge < -0.3 is 14.2 Å². The number of fused-ring (bicyclic) bond motifs is 4. The Morgan fingerprint density at radius 2 is 2.29 bits per heavy atom. The molecule has 3 rings (SSSR count). The van der Waals surface area contributed by atoms with Crippen LogP contribution in [0.3, 0.4) is 0 Å². The first-order valence-corrected chi connectivity index (χ1v) is 5.02. The Morgan fingerprint density at radius 1 is 1.36 bits per heavy atom. The zero-order chi connectivity index (χ0) is 9.80. The van der Waals surface area contributed by atoms with E-state index in [0.717, 1.165) is 23.7 Å². The van der Waals surface area contributed by atoms with Crippen LogP contribution in [0.25, 0.3) is 0 Å². The number of hydrogen-bond donors (Lipinski definition) is 0. The predicted molar refractivity (Wildman–Crippen MR) is 53.4 cm³/mol. The lowest BCUT2D eigenvalue weighted by atomic mass is 10.3. The van der Waals surface area contributed by atoms with Crippen molar-refractivity contribution in [2.75, 3.05) is 19.3 Å². The summed E-state index contributed by atoms with van der Waals surface area (Å²) in [5.74, 6) is 2.82. The lowest BCUT2D eigenvalue weighted by molar-refractivity contribution is 0.124. The van der Waals surface area contributed by atoms with E-state index in [1.807, 2.05) is 18.2 Å². The topological polar surface area (TPSA) is 27.7 Å². The van der Waals surface area contributed by atoms with Crippen LogP contribution in [0.4, 0.5) is 0 Å². The van der Waals surface area contributed by atoms with E-state index in [2.05, 4.69) is 0 Å². The minimum absolute atomic E-state index is 0.247. The number of ether oxygens (including phenoxy) is 3. The van der Waals surface area contributed by atoms with E-state index in [0.29, 0.717) is 12.5 Å². The van der Waals surface area contributed by atoms with Crippen molar-refractivity contribution in [3.63, 3.8) is 0 Å². The van der Waals surface area contributed by atoms with Gasteiger partial charge in [-0.3, -0.25) is 0 Å². The summed E-state index contributed by atoms with van der Waals surface area (Å²) in [5.41, 5.74) is 0. The Balaban J connectivity index is 2.06. The van der Waals surface area contributed by atoms with Gasteiger partial charge in [-0.25, -0.2) is 0 Å². The van der Waals surface area contributed by atoms with Crippen molar-refractivity contribution in [2.24, 2.45) is 0 Å². The second kappa shape index (κ2) is 4.42. The molecule has 0 aliphatic carbocycles. The van der Waals surface area contributed by atoms with E-state index in [-0.39, 0.29) is 6.79 Å². The summed E-state index contributed by atoms with van der Waals surface area (Å²) < 4.78 is 16.0. The maximum absolute atomic E-state index is 5.55. The monoisotopic (exact) mass is 214 g/mol. The predicted octanol–water partition coefficient (Wildman–Crippen LogP) is 2.42. The Kier molecular flexibility index (Phi) is 2.99. The Hall–Kier alpha value is -1.09. The zero-order valence-corrected chi connectivity index (χ0v) is 8.42. The van der Waals surface area contributed by atoms with Crippen molar-refractivity contribution in [3.8, 4) is 17.2 Å². The molecule has 2 aliphatic heterocycles. The largest absolute Gasteiger partial charge is 0.490 e. The van der Waals surface area contributed by atoms with Crippen molar-refractivity contribution < 1.29 is 14.2 Å². The van der Waals surface area contributed by atoms with Gasteiger partial charge in [0.25, 0.3) is 0 Å². The summed E-state index contributed by atoms with van der Waals surface area (Å²) in [4.78, 5) is 0. The van der Waals surface area contributed by atoms with Gasteiger partial charge in [-0.2, -0.15) is 0 Å². The fraction of sp³-hybridized carbons (Fsp3) is 0.400. The molecule has 2 bridgehead atoms. The highest BCUT2D eigenvalue weighted by atomic mass is 35.5. The summed E-state index contributed by atoms with van der Waals surface area (Å²) in [6, 6.07) is 5.53. The third-order valence-corrected chi connectivity index (χ3v) is 2.16. The number of alkyl halides is 1. The molecule has 0 aromatic heterocycles. The molecule has 0 unspecified atom stereocenters. The van der Waals surface area contributed by atoms with E-state index in [1.165, 1.54) is 0 Å². The average molecular weight is 215 g/mol. The van der Waals surface area contributed by atoms with Crippen LogP contribution in [0.2, 0.25) is 0 Å². The van der Waals surface area contributed by atoms with Crippen molar-refractivity contribution >= 4 is 11.6 Å². The van der Waals surface area contributed by atoms with Crippen LogP contribution in [0.5, 0.6) is 17.2 Å². The highest BCUT2D eigenvalue weighted by Crippen LogP contribution is 2.34. The lowest BCUT2D eigenvalue weighted by Crippen LogP contribution is -2.02. The molecule has 0 saturated heterocycles. The lowest BCUT2D eigenvalue weighted by Gasteiger charge is -2.07. The van der Waals surface area contributed by atoms with Gasteiger partial charge in [0.15, 0.2) is 11.5 Å². The number of rotatable bonds is 4. The van der Waals surface area contributed by atoms with Crippen LogP contribution < -0.4 is 14.2 Å². The molecule has 4 heteroatoms. The molecule has 76 valence electrons. The molecule has 0 fully saturated rings. The van der Waals surface area contributed by atoms with Crippen molar-refractivity contribution in [2.45, 2.75) is 6.42 Å². The van der Waals surface area contributed by atoms with Gasteiger partial charge in [0, 0.05) is 11.9 Å². The fourth-order valence-electron chi connectivity index (χ4n) is 1.21. The third-order valence-electron chi connectivity index (χ3n) is 1.89. The van der Waals surface area contributed by atoms with E-state index in [4.69, 9.17) is 25.8 Å². The van der Waals surface area contributed by atoms with Gasteiger partial charge in [-0.1, -0.05) is 0 Å². The van der Waals surface area contributed by atoms with Crippen molar-refractivity contribution in [1.29, 1.82) is 0 Å². The summed E-state index contributed by atoms with van der Waals surface area (Å²) in [6.45, 7) is 0.847. The van der Waals surface area contributed by atoms with Gasteiger partial charge in [0.2, 0.25) is 6.79 Å². The fourth-order valence-corrected chi connectivity index (χ4v) is 1.32. The average Bonchev–Trinajstić information content (AvgIpc) is 2.53. The second-order valence-corrected chi connectivity index (χ2v) is 3.28. The summed E-state index contributed by atoms with van der Waals surface area (Å²) in [5, 5.41) is 0. The number of halogens is 1. The first-order valence-electron chi connectivity index (χ1n) is 4.48. The number of hydrogen-bond acceptors (Lipinski definition) is 3. The quantitative estimate of drug-likeness (QED) is 0.569. The molecule has 3 nitrogen and oxygen atoms in total. The second-order valence-electron chi connectivity index (χ2n) is 2.91. The molecule has 14 heavy (non-hydrogen) atoms. The van der Waals surface area contributed by atoms with E-state index in [1.54, 1.807) is 0 Å². The summed E-state index contributed by atoms with van der Waals surface area (Å²) >= 11 is 5.55. The Bertz CT molecular complexity index is 314. The standard InChI is InChI=1S/C10H11ClO3/c11-4-1-5-12-10-6-8-2-3-9(10)14-7-13-8/h2-3,6H,1,4-5,7H2. The van der Waals surface area contributed by atoms with E-state index >= 15 is 0 Å². The van der Waals surface area contributed by atoms with Crippen molar-refractivity contribution in [1.82, 2.24) is 0 Å².